The number of hydrogen-bond acceptors (Lipinski definition) is 5. The van der Waals surface area contributed by atoms with Crippen molar-refractivity contribution in [3.63, 3.8) is 0 Å². The molecular weight excluding hydrogens is 595 g/mol. The summed E-state index contributed by atoms with van der Waals surface area (Å²) >= 11 is 12.7. The van der Waals surface area contributed by atoms with Crippen LogP contribution < -0.4 is 10.2 Å². The summed E-state index contributed by atoms with van der Waals surface area (Å²) in [6.45, 7) is 5.75. The summed E-state index contributed by atoms with van der Waals surface area (Å²) in [5.74, 6) is -0.841. The van der Waals surface area contributed by atoms with E-state index in [9.17, 15) is 18.0 Å². The van der Waals surface area contributed by atoms with Gasteiger partial charge in [-0.15, -0.1) is 0 Å². The molecule has 2 saturated heterocycles. The number of anilines is 2. The third kappa shape index (κ3) is 6.29. The summed E-state index contributed by atoms with van der Waals surface area (Å²) in [7, 11) is -3.88. The molecule has 1 N–H and O–H groups in total. The van der Waals surface area contributed by atoms with Gasteiger partial charge in [0.2, 0.25) is 10.0 Å². The lowest BCUT2D eigenvalue weighted by atomic mass is 9.96. The van der Waals surface area contributed by atoms with Crippen LogP contribution in [0.3, 0.4) is 0 Å². The Labute approximate surface area is 257 Å². The number of para-hydroxylation sites is 1. The third-order valence-corrected chi connectivity index (χ3v) is 10.5. The van der Waals surface area contributed by atoms with Crippen molar-refractivity contribution in [3.05, 3.63) is 87.9 Å². The van der Waals surface area contributed by atoms with Gasteiger partial charge in [0.25, 0.3) is 11.8 Å². The second-order valence-electron chi connectivity index (χ2n) is 10.9. The molecule has 222 valence electrons. The first kappa shape index (κ1) is 30.4. The van der Waals surface area contributed by atoms with Crippen LogP contribution in [0.2, 0.25) is 10.0 Å². The van der Waals surface area contributed by atoms with Gasteiger partial charge in [0.15, 0.2) is 0 Å². The van der Waals surface area contributed by atoms with Crippen LogP contribution in [0.1, 0.15) is 53.8 Å². The van der Waals surface area contributed by atoms with E-state index < -0.39 is 15.9 Å². The number of benzene rings is 3. The SMILES string of the molecule is CC1CCCC(C)N1C(=O)c1cc(Cl)ccc1NC(=O)c1cc(S(=O)(=O)N2CCN(c3ccccc3)CC2)ccc1Cl. The number of halogens is 2. The van der Waals surface area contributed by atoms with E-state index in [-0.39, 0.29) is 44.7 Å². The predicted molar refractivity (Wildman–Crippen MR) is 167 cm³/mol. The fourth-order valence-electron chi connectivity index (χ4n) is 5.77. The van der Waals surface area contributed by atoms with Crippen LogP contribution in [0.15, 0.2) is 71.6 Å². The molecule has 0 aromatic heterocycles. The van der Waals surface area contributed by atoms with Crippen LogP contribution in [0.25, 0.3) is 0 Å². The largest absolute Gasteiger partial charge is 0.369 e. The number of likely N-dealkylation sites (tertiary alicyclic amines) is 1. The number of piperazine rings is 1. The normalized spacial score (nSPS) is 19.9. The molecule has 2 aliphatic heterocycles. The molecule has 0 aliphatic carbocycles. The molecule has 2 heterocycles. The fraction of sp³-hybridized carbons (Fsp3) is 0.355. The lowest BCUT2D eigenvalue weighted by molar-refractivity contribution is 0.0512. The Morgan fingerprint density at radius 3 is 2.17 bits per heavy atom. The van der Waals surface area contributed by atoms with Gasteiger partial charge >= 0.3 is 0 Å². The second kappa shape index (κ2) is 12.6. The molecule has 0 bridgehead atoms. The van der Waals surface area contributed by atoms with Crippen LogP contribution >= 0.6 is 23.2 Å². The molecule has 2 atom stereocenters. The van der Waals surface area contributed by atoms with E-state index in [2.05, 4.69) is 10.2 Å². The molecular formula is C31H34Cl2N4O4S. The molecule has 0 radical (unpaired) electrons. The minimum absolute atomic E-state index is 0.00581. The highest BCUT2D eigenvalue weighted by molar-refractivity contribution is 7.89. The van der Waals surface area contributed by atoms with E-state index in [0.717, 1.165) is 24.9 Å². The monoisotopic (exact) mass is 628 g/mol. The Kier molecular flexibility index (Phi) is 9.13. The van der Waals surface area contributed by atoms with Crippen LogP contribution in [0.5, 0.6) is 0 Å². The number of amides is 2. The highest BCUT2D eigenvalue weighted by Gasteiger charge is 2.32. The number of sulfonamides is 1. The number of carbonyl (C=O) groups is 2. The molecule has 42 heavy (non-hydrogen) atoms. The molecule has 2 aliphatic rings. The first-order chi connectivity index (χ1) is 20.1. The number of nitrogens with one attached hydrogen (secondary N) is 1. The summed E-state index contributed by atoms with van der Waals surface area (Å²) in [4.78, 5) is 31.1. The molecule has 11 heteroatoms. The van der Waals surface area contributed by atoms with Crippen molar-refractivity contribution in [1.82, 2.24) is 9.21 Å². The van der Waals surface area contributed by atoms with E-state index in [1.54, 1.807) is 18.2 Å². The van der Waals surface area contributed by atoms with Gasteiger partial charge in [-0.1, -0.05) is 41.4 Å². The maximum absolute atomic E-state index is 13.7. The minimum Gasteiger partial charge on any atom is -0.369 e. The molecule has 2 amide bonds. The number of rotatable bonds is 6. The molecule has 2 unspecified atom stereocenters. The van der Waals surface area contributed by atoms with Gasteiger partial charge in [0.05, 0.1) is 26.7 Å². The molecule has 3 aromatic carbocycles. The summed E-state index contributed by atoms with van der Waals surface area (Å²) in [5.41, 5.74) is 1.59. The van der Waals surface area contributed by atoms with Crippen molar-refractivity contribution < 1.29 is 18.0 Å². The Morgan fingerprint density at radius 2 is 1.50 bits per heavy atom. The van der Waals surface area contributed by atoms with Gasteiger partial charge in [0, 0.05) is 49.0 Å². The number of carbonyl (C=O) groups excluding carboxylic acids is 2. The molecule has 2 fully saturated rings. The first-order valence-corrected chi connectivity index (χ1v) is 16.3. The fourth-order valence-corrected chi connectivity index (χ4v) is 7.59. The van der Waals surface area contributed by atoms with Gasteiger partial charge in [0.1, 0.15) is 0 Å². The molecule has 3 aromatic rings. The zero-order chi connectivity index (χ0) is 30.0. The average molecular weight is 630 g/mol. The van der Waals surface area contributed by atoms with Crippen molar-refractivity contribution in [3.8, 4) is 0 Å². The van der Waals surface area contributed by atoms with Gasteiger partial charge < -0.3 is 15.1 Å². The van der Waals surface area contributed by atoms with Crippen molar-refractivity contribution in [1.29, 1.82) is 0 Å². The predicted octanol–water partition coefficient (Wildman–Crippen LogP) is 6.16. The van der Waals surface area contributed by atoms with E-state index in [0.29, 0.717) is 31.2 Å². The van der Waals surface area contributed by atoms with Gasteiger partial charge in [-0.2, -0.15) is 4.31 Å². The van der Waals surface area contributed by atoms with Crippen molar-refractivity contribution in [2.45, 2.75) is 50.1 Å². The molecule has 0 spiro atoms. The van der Waals surface area contributed by atoms with Crippen LogP contribution in [0, 0.1) is 0 Å². The highest BCUT2D eigenvalue weighted by Crippen LogP contribution is 2.30. The summed E-state index contributed by atoms with van der Waals surface area (Å²) in [5, 5.41) is 3.25. The van der Waals surface area contributed by atoms with Gasteiger partial charge in [-0.05, 0) is 81.6 Å². The Morgan fingerprint density at radius 1 is 0.833 bits per heavy atom. The maximum Gasteiger partial charge on any atom is 0.257 e. The lowest BCUT2D eigenvalue weighted by Gasteiger charge is -2.39. The first-order valence-electron chi connectivity index (χ1n) is 14.1. The number of hydrogen-bond donors (Lipinski definition) is 1. The number of piperidine rings is 1. The quantitative estimate of drug-likeness (QED) is 0.353. The Balaban J connectivity index is 1.36. The second-order valence-corrected chi connectivity index (χ2v) is 13.6. The van der Waals surface area contributed by atoms with Gasteiger partial charge in [-0.25, -0.2) is 8.42 Å². The lowest BCUT2D eigenvalue weighted by Crippen LogP contribution is -2.48. The van der Waals surface area contributed by atoms with Crippen molar-refractivity contribution >= 4 is 56.4 Å². The molecule has 8 nitrogen and oxygen atoms in total. The van der Waals surface area contributed by atoms with Gasteiger partial charge in [-0.3, -0.25) is 9.59 Å². The van der Waals surface area contributed by atoms with Crippen LogP contribution in [0.4, 0.5) is 11.4 Å². The van der Waals surface area contributed by atoms with Crippen molar-refractivity contribution in [2.75, 3.05) is 36.4 Å². The zero-order valence-corrected chi connectivity index (χ0v) is 25.9. The van der Waals surface area contributed by atoms with Crippen molar-refractivity contribution in [2.24, 2.45) is 0 Å². The van der Waals surface area contributed by atoms with Crippen LogP contribution in [-0.4, -0.2) is 67.7 Å². The standard InChI is InChI=1S/C31H34Cl2N4O4S/c1-21-7-6-8-22(2)37(21)31(39)27-19-23(32)11-14-29(27)34-30(38)26-20-25(12-13-28(26)33)42(40,41)36-17-15-35(16-18-36)24-9-4-3-5-10-24/h3-5,9-14,19-22H,6-8,15-18H2,1-2H3,(H,34,38). The third-order valence-electron chi connectivity index (χ3n) is 8.07. The topological polar surface area (TPSA) is 90.0 Å². The summed E-state index contributed by atoms with van der Waals surface area (Å²) in [6.07, 6.45) is 2.85. The Hall–Kier alpha value is -3.11. The number of nitrogens with zero attached hydrogens (tertiary/aromatic N) is 3. The average Bonchev–Trinajstić information content (AvgIpc) is 2.98. The zero-order valence-electron chi connectivity index (χ0n) is 23.6. The smallest absolute Gasteiger partial charge is 0.257 e. The summed E-state index contributed by atoms with van der Waals surface area (Å²) < 4.78 is 28.5. The maximum atomic E-state index is 13.7. The highest BCUT2D eigenvalue weighted by atomic mass is 35.5. The molecule has 0 saturated carbocycles. The summed E-state index contributed by atoms with van der Waals surface area (Å²) in [6, 6.07) is 18.8. The Bertz CT molecular complexity index is 1570. The van der Waals surface area contributed by atoms with E-state index >= 15 is 0 Å². The van der Waals surface area contributed by atoms with E-state index in [1.165, 1.54) is 22.5 Å². The van der Waals surface area contributed by atoms with Crippen LogP contribution in [-0.2, 0) is 10.0 Å². The molecule has 5 rings (SSSR count). The minimum atomic E-state index is -3.88. The van der Waals surface area contributed by atoms with E-state index in [1.807, 2.05) is 49.1 Å². The van der Waals surface area contributed by atoms with E-state index in [4.69, 9.17) is 23.2 Å².